The Balaban J connectivity index is 1.69. The zero-order valence-electron chi connectivity index (χ0n) is 12.2. The van der Waals surface area contributed by atoms with Crippen LogP contribution in [0, 0.1) is 6.92 Å². The summed E-state index contributed by atoms with van der Waals surface area (Å²) in [5.74, 6) is 1.70. The number of piperidine rings is 1. The topological polar surface area (TPSA) is 34.0 Å². The van der Waals surface area contributed by atoms with Crippen molar-refractivity contribution in [1.82, 2.24) is 19.7 Å². The largest absolute Gasteiger partial charge is 0.318 e. The number of likely N-dealkylation sites (tertiary alicyclic amines) is 1. The maximum absolute atomic E-state index is 4.35. The standard InChI is InChI=1S/C15H22N4S/c1-3-19-11-16-17-15(19)13-5-4-7-18(9-13)10-14-12(2)6-8-20-14/h6,8,11,13H,3-5,7,9-10H2,1-2H3. The first-order valence-electron chi connectivity index (χ1n) is 7.41. The molecular weight excluding hydrogens is 268 g/mol. The van der Waals surface area contributed by atoms with Crippen LogP contribution in [0.4, 0.5) is 0 Å². The molecule has 0 saturated carbocycles. The minimum atomic E-state index is 0.534. The predicted molar refractivity (Wildman–Crippen MR) is 82.0 cm³/mol. The van der Waals surface area contributed by atoms with Crippen LogP contribution in [-0.2, 0) is 13.1 Å². The van der Waals surface area contributed by atoms with Crippen LogP contribution < -0.4 is 0 Å². The van der Waals surface area contributed by atoms with E-state index in [1.54, 1.807) is 0 Å². The van der Waals surface area contributed by atoms with Gasteiger partial charge in [0.2, 0.25) is 0 Å². The lowest BCUT2D eigenvalue weighted by atomic mass is 9.97. The smallest absolute Gasteiger partial charge is 0.137 e. The summed E-state index contributed by atoms with van der Waals surface area (Å²) in [7, 11) is 0. The van der Waals surface area contributed by atoms with Crippen LogP contribution in [0.5, 0.6) is 0 Å². The Bertz CT molecular complexity index is 560. The summed E-state index contributed by atoms with van der Waals surface area (Å²) < 4.78 is 2.19. The minimum Gasteiger partial charge on any atom is -0.318 e. The third-order valence-corrected chi connectivity index (χ3v) is 5.20. The molecule has 0 radical (unpaired) electrons. The van der Waals surface area contributed by atoms with Gasteiger partial charge in [-0.15, -0.1) is 21.5 Å². The SMILES string of the molecule is CCn1cnnc1C1CCCN(Cc2sccc2C)C1. The summed E-state index contributed by atoms with van der Waals surface area (Å²) >= 11 is 1.87. The highest BCUT2D eigenvalue weighted by molar-refractivity contribution is 7.10. The highest BCUT2D eigenvalue weighted by Crippen LogP contribution is 2.27. The molecule has 5 heteroatoms. The monoisotopic (exact) mass is 290 g/mol. The Labute approximate surface area is 124 Å². The molecule has 0 N–H and O–H groups in total. The summed E-state index contributed by atoms with van der Waals surface area (Å²) in [5, 5.41) is 10.6. The van der Waals surface area contributed by atoms with Gasteiger partial charge in [0.05, 0.1) is 0 Å². The Morgan fingerprint density at radius 3 is 3.10 bits per heavy atom. The van der Waals surface area contributed by atoms with E-state index in [4.69, 9.17) is 0 Å². The van der Waals surface area contributed by atoms with Gasteiger partial charge in [0, 0.05) is 30.4 Å². The molecule has 0 spiro atoms. The molecule has 4 nitrogen and oxygen atoms in total. The van der Waals surface area contributed by atoms with Gasteiger partial charge in [0.15, 0.2) is 0 Å². The molecule has 0 amide bonds. The van der Waals surface area contributed by atoms with Crippen molar-refractivity contribution >= 4 is 11.3 Å². The first-order valence-corrected chi connectivity index (χ1v) is 8.29. The molecule has 0 bridgehead atoms. The maximum Gasteiger partial charge on any atom is 0.137 e. The van der Waals surface area contributed by atoms with E-state index in [2.05, 4.69) is 45.0 Å². The molecule has 1 unspecified atom stereocenters. The average molecular weight is 290 g/mol. The van der Waals surface area contributed by atoms with Gasteiger partial charge in [0.25, 0.3) is 0 Å². The van der Waals surface area contributed by atoms with Gasteiger partial charge in [0.1, 0.15) is 12.2 Å². The number of hydrogen-bond acceptors (Lipinski definition) is 4. The van der Waals surface area contributed by atoms with E-state index in [-0.39, 0.29) is 0 Å². The quantitative estimate of drug-likeness (QED) is 0.868. The fraction of sp³-hybridized carbons (Fsp3) is 0.600. The predicted octanol–water partition coefficient (Wildman–Crippen LogP) is 3.05. The van der Waals surface area contributed by atoms with Crippen LogP contribution in [0.15, 0.2) is 17.8 Å². The van der Waals surface area contributed by atoms with Gasteiger partial charge >= 0.3 is 0 Å². The first kappa shape index (κ1) is 13.8. The summed E-state index contributed by atoms with van der Waals surface area (Å²) in [5.41, 5.74) is 1.42. The van der Waals surface area contributed by atoms with E-state index in [1.165, 1.54) is 35.7 Å². The van der Waals surface area contributed by atoms with Gasteiger partial charge in [-0.2, -0.15) is 0 Å². The number of hydrogen-bond donors (Lipinski definition) is 0. The number of thiophene rings is 1. The highest BCUT2D eigenvalue weighted by Gasteiger charge is 2.25. The lowest BCUT2D eigenvalue weighted by Gasteiger charge is -2.32. The van der Waals surface area contributed by atoms with E-state index >= 15 is 0 Å². The number of aromatic nitrogens is 3. The second kappa shape index (κ2) is 6.06. The molecule has 0 aromatic carbocycles. The average Bonchev–Trinajstić information content (AvgIpc) is 3.09. The Kier molecular flexibility index (Phi) is 4.17. The van der Waals surface area contributed by atoms with Crippen LogP contribution in [0.25, 0.3) is 0 Å². The molecule has 0 aliphatic carbocycles. The summed E-state index contributed by atoms with van der Waals surface area (Å²) in [6, 6.07) is 2.22. The molecule has 1 fully saturated rings. The second-order valence-electron chi connectivity index (χ2n) is 5.58. The molecule has 1 aliphatic rings. The molecule has 1 aliphatic heterocycles. The van der Waals surface area contributed by atoms with Crippen molar-refractivity contribution in [1.29, 1.82) is 0 Å². The molecule has 1 saturated heterocycles. The van der Waals surface area contributed by atoms with Crippen LogP contribution >= 0.6 is 11.3 Å². The van der Waals surface area contributed by atoms with E-state index in [0.29, 0.717) is 5.92 Å². The third-order valence-electron chi connectivity index (χ3n) is 4.19. The first-order chi connectivity index (χ1) is 9.78. The Morgan fingerprint density at radius 1 is 1.45 bits per heavy atom. The highest BCUT2D eigenvalue weighted by atomic mass is 32.1. The van der Waals surface area contributed by atoms with Gasteiger partial charge in [-0.1, -0.05) is 0 Å². The van der Waals surface area contributed by atoms with Crippen molar-refractivity contribution in [2.24, 2.45) is 0 Å². The van der Waals surface area contributed by atoms with Gasteiger partial charge in [-0.05, 0) is 50.2 Å². The van der Waals surface area contributed by atoms with E-state index in [0.717, 1.165) is 19.6 Å². The van der Waals surface area contributed by atoms with Crippen LogP contribution in [0.1, 0.15) is 41.9 Å². The molecular formula is C15H22N4S. The fourth-order valence-corrected chi connectivity index (χ4v) is 3.95. The minimum absolute atomic E-state index is 0.534. The van der Waals surface area contributed by atoms with Gasteiger partial charge in [-0.3, -0.25) is 4.90 Å². The zero-order valence-corrected chi connectivity index (χ0v) is 13.1. The van der Waals surface area contributed by atoms with Gasteiger partial charge in [-0.25, -0.2) is 0 Å². The maximum atomic E-state index is 4.35. The molecule has 3 heterocycles. The lowest BCUT2D eigenvalue weighted by molar-refractivity contribution is 0.196. The van der Waals surface area contributed by atoms with Crippen molar-refractivity contribution in [3.63, 3.8) is 0 Å². The summed E-state index contributed by atoms with van der Waals surface area (Å²) in [6.45, 7) is 8.72. The zero-order chi connectivity index (χ0) is 13.9. The molecule has 2 aromatic rings. The van der Waals surface area contributed by atoms with Crippen LogP contribution in [0.3, 0.4) is 0 Å². The van der Waals surface area contributed by atoms with Crippen LogP contribution in [-0.4, -0.2) is 32.8 Å². The molecule has 1 atom stereocenters. The Morgan fingerprint density at radius 2 is 2.35 bits per heavy atom. The summed E-state index contributed by atoms with van der Waals surface area (Å²) in [6.07, 6.45) is 4.35. The van der Waals surface area contributed by atoms with E-state index in [1.807, 2.05) is 17.7 Å². The molecule has 3 rings (SSSR count). The molecule has 20 heavy (non-hydrogen) atoms. The van der Waals surface area contributed by atoms with Crippen molar-refractivity contribution in [2.75, 3.05) is 13.1 Å². The van der Waals surface area contributed by atoms with Crippen molar-refractivity contribution in [2.45, 2.75) is 45.7 Å². The number of aryl methyl sites for hydroxylation is 2. The third kappa shape index (κ3) is 2.79. The summed E-state index contributed by atoms with van der Waals surface area (Å²) in [4.78, 5) is 4.07. The van der Waals surface area contributed by atoms with E-state index < -0.39 is 0 Å². The van der Waals surface area contributed by atoms with E-state index in [9.17, 15) is 0 Å². The van der Waals surface area contributed by atoms with Gasteiger partial charge < -0.3 is 4.57 Å². The van der Waals surface area contributed by atoms with Crippen molar-refractivity contribution in [3.8, 4) is 0 Å². The lowest BCUT2D eigenvalue weighted by Crippen LogP contribution is -2.34. The van der Waals surface area contributed by atoms with Crippen LogP contribution in [0.2, 0.25) is 0 Å². The fourth-order valence-electron chi connectivity index (χ4n) is 3.00. The Hall–Kier alpha value is -1.20. The second-order valence-corrected chi connectivity index (χ2v) is 6.58. The number of nitrogens with zero attached hydrogens (tertiary/aromatic N) is 4. The molecule has 108 valence electrons. The number of rotatable bonds is 4. The normalized spacial score (nSPS) is 20.4. The van der Waals surface area contributed by atoms with Crippen molar-refractivity contribution < 1.29 is 0 Å². The van der Waals surface area contributed by atoms with Crippen molar-refractivity contribution in [3.05, 3.63) is 34.0 Å². The molecule has 2 aromatic heterocycles.